The minimum absolute atomic E-state index is 0.0324. The standard InChI is InChI=1S/C12H15ClN2O3/c1-8(2)14-12(17)15-11(16)7-18-10-5-3-9(13)4-6-10/h3-6,8H,7H2,1-2H3,(H2,14,15,16,17). The SMILES string of the molecule is CC(C)NC(=O)NC(=O)COc1ccc(Cl)cc1. The van der Waals surface area contributed by atoms with E-state index in [1.807, 2.05) is 0 Å². The van der Waals surface area contributed by atoms with Crippen LogP contribution in [0, 0.1) is 0 Å². The van der Waals surface area contributed by atoms with Gasteiger partial charge in [-0.25, -0.2) is 4.79 Å². The topological polar surface area (TPSA) is 67.4 Å². The van der Waals surface area contributed by atoms with Crippen LogP contribution in [0.5, 0.6) is 5.75 Å². The van der Waals surface area contributed by atoms with Gasteiger partial charge in [0.25, 0.3) is 5.91 Å². The third-order valence-corrected chi connectivity index (χ3v) is 2.11. The second-order valence-electron chi connectivity index (χ2n) is 3.92. The number of ether oxygens (including phenoxy) is 1. The van der Waals surface area contributed by atoms with Crippen molar-refractivity contribution in [2.75, 3.05) is 6.61 Å². The summed E-state index contributed by atoms with van der Waals surface area (Å²) in [5.41, 5.74) is 0. The first-order valence-corrected chi connectivity index (χ1v) is 5.84. The minimum atomic E-state index is -0.533. The lowest BCUT2D eigenvalue weighted by molar-refractivity contribution is -0.122. The molecular formula is C12H15ClN2O3. The Bertz CT molecular complexity index is 418. The maximum Gasteiger partial charge on any atom is 0.321 e. The summed E-state index contributed by atoms with van der Waals surface area (Å²) in [4.78, 5) is 22.6. The van der Waals surface area contributed by atoms with E-state index in [2.05, 4.69) is 10.6 Å². The summed E-state index contributed by atoms with van der Waals surface area (Å²) in [6.45, 7) is 3.37. The Morgan fingerprint density at radius 2 is 1.89 bits per heavy atom. The third-order valence-electron chi connectivity index (χ3n) is 1.86. The van der Waals surface area contributed by atoms with Crippen LogP contribution < -0.4 is 15.4 Å². The van der Waals surface area contributed by atoms with E-state index in [0.717, 1.165) is 0 Å². The summed E-state index contributed by atoms with van der Waals surface area (Å²) in [5, 5.41) is 5.27. The van der Waals surface area contributed by atoms with E-state index in [1.165, 1.54) is 0 Å². The number of urea groups is 1. The van der Waals surface area contributed by atoms with E-state index in [1.54, 1.807) is 38.1 Å². The number of benzene rings is 1. The minimum Gasteiger partial charge on any atom is -0.484 e. The van der Waals surface area contributed by atoms with Crippen molar-refractivity contribution in [1.29, 1.82) is 0 Å². The van der Waals surface area contributed by atoms with Crippen molar-refractivity contribution in [2.45, 2.75) is 19.9 Å². The van der Waals surface area contributed by atoms with Gasteiger partial charge in [0.1, 0.15) is 5.75 Å². The summed E-state index contributed by atoms with van der Waals surface area (Å²) < 4.78 is 5.18. The van der Waals surface area contributed by atoms with E-state index in [0.29, 0.717) is 10.8 Å². The molecule has 0 aliphatic rings. The molecule has 1 aromatic rings. The van der Waals surface area contributed by atoms with E-state index in [9.17, 15) is 9.59 Å². The molecule has 1 rings (SSSR count). The zero-order valence-corrected chi connectivity index (χ0v) is 11.0. The lowest BCUT2D eigenvalue weighted by Crippen LogP contribution is -2.44. The molecule has 0 aliphatic heterocycles. The van der Waals surface area contributed by atoms with Gasteiger partial charge in [-0.2, -0.15) is 0 Å². The molecule has 3 amide bonds. The first-order chi connectivity index (χ1) is 8.47. The molecular weight excluding hydrogens is 256 g/mol. The van der Waals surface area contributed by atoms with Crippen LogP contribution in [0.15, 0.2) is 24.3 Å². The van der Waals surface area contributed by atoms with Gasteiger partial charge in [-0.3, -0.25) is 10.1 Å². The van der Waals surface area contributed by atoms with Gasteiger partial charge in [0.2, 0.25) is 0 Å². The molecule has 0 unspecified atom stereocenters. The number of halogens is 1. The number of amides is 3. The van der Waals surface area contributed by atoms with Gasteiger partial charge < -0.3 is 10.1 Å². The number of nitrogens with one attached hydrogen (secondary N) is 2. The molecule has 0 saturated carbocycles. The highest BCUT2D eigenvalue weighted by Gasteiger charge is 2.08. The van der Waals surface area contributed by atoms with E-state index >= 15 is 0 Å². The molecule has 98 valence electrons. The number of carbonyl (C=O) groups excluding carboxylic acids is 2. The van der Waals surface area contributed by atoms with Crippen molar-refractivity contribution in [3.8, 4) is 5.75 Å². The molecule has 2 N–H and O–H groups in total. The van der Waals surface area contributed by atoms with E-state index < -0.39 is 11.9 Å². The van der Waals surface area contributed by atoms with E-state index in [-0.39, 0.29) is 12.6 Å². The Morgan fingerprint density at radius 3 is 2.44 bits per heavy atom. The molecule has 6 heteroatoms. The Morgan fingerprint density at radius 1 is 1.28 bits per heavy atom. The normalized spacial score (nSPS) is 10.0. The van der Waals surface area contributed by atoms with Gasteiger partial charge in [0.15, 0.2) is 6.61 Å². The smallest absolute Gasteiger partial charge is 0.321 e. The van der Waals surface area contributed by atoms with Gasteiger partial charge in [-0.15, -0.1) is 0 Å². The monoisotopic (exact) mass is 270 g/mol. The first-order valence-electron chi connectivity index (χ1n) is 5.46. The van der Waals surface area contributed by atoms with Gasteiger partial charge in [0, 0.05) is 11.1 Å². The van der Waals surface area contributed by atoms with Crippen molar-refractivity contribution in [3.05, 3.63) is 29.3 Å². The Labute approximate surface area is 110 Å². The fourth-order valence-corrected chi connectivity index (χ4v) is 1.27. The number of imide groups is 1. The fourth-order valence-electron chi connectivity index (χ4n) is 1.14. The lowest BCUT2D eigenvalue weighted by atomic mass is 10.3. The number of carbonyl (C=O) groups is 2. The van der Waals surface area contributed by atoms with Crippen molar-refractivity contribution in [1.82, 2.24) is 10.6 Å². The van der Waals surface area contributed by atoms with Gasteiger partial charge >= 0.3 is 6.03 Å². The van der Waals surface area contributed by atoms with Crippen LogP contribution in [-0.2, 0) is 4.79 Å². The molecule has 1 aromatic carbocycles. The largest absolute Gasteiger partial charge is 0.484 e. The van der Waals surface area contributed by atoms with Crippen molar-refractivity contribution in [3.63, 3.8) is 0 Å². The van der Waals surface area contributed by atoms with Crippen LogP contribution in [0.4, 0.5) is 4.79 Å². The molecule has 18 heavy (non-hydrogen) atoms. The van der Waals surface area contributed by atoms with Crippen molar-refractivity contribution in [2.24, 2.45) is 0 Å². The second kappa shape index (κ2) is 6.86. The lowest BCUT2D eigenvalue weighted by Gasteiger charge is -2.09. The third kappa shape index (κ3) is 5.54. The van der Waals surface area contributed by atoms with Crippen LogP contribution in [-0.4, -0.2) is 24.6 Å². The molecule has 0 aliphatic carbocycles. The predicted octanol–water partition coefficient (Wildman–Crippen LogP) is 1.95. The molecule has 0 bridgehead atoms. The maximum absolute atomic E-state index is 11.4. The summed E-state index contributed by atoms with van der Waals surface area (Å²) in [6, 6.07) is 6.03. The van der Waals surface area contributed by atoms with Crippen LogP contribution in [0.3, 0.4) is 0 Å². The summed E-state index contributed by atoms with van der Waals surface area (Å²) in [7, 11) is 0. The molecule has 0 heterocycles. The first kappa shape index (κ1) is 14.3. The van der Waals surface area contributed by atoms with Gasteiger partial charge in [0.05, 0.1) is 0 Å². The number of hydrogen-bond acceptors (Lipinski definition) is 3. The molecule has 0 aromatic heterocycles. The zero-order valence-electron chi connectivity index (χ0n) is 10.2. The summed E-state index contributed by atoms with van der Waals surface area (Å²) >= 11 is 5.70. The highest BCUT2D eigenvalue weighted by atomic mass is 35.5. The average Bonchev–Trinajstić information content (AvgIpc) is 2.27. The number of hydrogen-bond donors (Lipinski definition) is 2. The van der Waals surface area contributed by atoms with Crippen molar-refractivity contribution >= 4 is 23.5 Å². The highest BCUT2D eigenvalue weighted by molar-refractivity contribution is 6.30. The molecule has 0 spiro atoms. The molecule has 5 nitrogen and oxygen atoms in total. The van der Waals surface area contributed by atoms with Crippen molar-refractivity contribution < 1.29 is 14.3 Å². The quantitative estimate of drug-likeness (QED) is 0.879. The summed E-state index contributed by atoms with van der Waals surface area (Å²) in [6.07, 6.45) is 0. The predicted molar refractivity (Wildman–Crippen MR) is 68.8 cm³/mol. The second-order valence-corrected chi connectivity index (χ2v) is 4.36. The van der Waals surface area contributed by atoms with Crippen LogP contribution in [0.2, 0.25) is 5.02 Å². The highest BCUT2D eigenvalue weighted by Crippen LogP contribution is 2.15. The van der Waals surface area contributed by atoms with Crippen LogP contribution >= 0.6 is 11.6 Å². The Balaban J connectivity index is 2.33. The van der Waals surface area contributed by atoms with Gasteiger partial charge in [-0.1, -0.05) is 11.6 Å². The number of rotatable bonds is 4. The zero-order chi connectivity index (χ0) is 13.5. The molecule has 0 atom stereocenters. The Hall–Kier alpha value is -1.75. The van der Waals surface area contributed by atoms with E-state index in [4.69, 9.17) is 16.3 Å². The molecule has 0 fully saturated rings. The molecule has 0 radical (unpaired) electrons. The fraction of sp³-hybridized carbons (Fsp3) is 0.333. The average molecular weight is 271 g/mol. The molecule has 0 saturated heterocycles. The van der Waals surface area contributed by atoms with Crippen LogP contribution in [0.1, 0.15) is 13.8 Å². The van der Waals surface area contributed by atoms with Crippen LogP contribution in [0.25, 0.3) is 0 Å². The van der Waals surface area contributed by atoms with Gasteiger partial charge in [-0.05, 0) is 38.1 Å². The maximum atomic E-state index is 11.4. The Kier molecular flexibility index (Phi) is 5.45. The summed E-state index contributed by atoms with van der Waals surface area (Å²) in [5.74, 6) is 0.00178.